The molecule has 0 saturated heterocycles. The summed E-state index contributed by atoms with van der Waals surface area (Å²) >= 11 is 0. The molecule has 1 heterocycles. The Morgan fingerprint density at radius 2 is 1.81 bits per heavy atom. The van der Waals surface area contributed by atoms with Crippen molar-refractivity contribution in [3.8, 4) is 6.07 Å². The Hall–Kier alpha value is -3.23. The summed E-state index contributed by atoms with van der Waals surface area (Å²) in [6, 6.07) is 7.33. The van der Waals surface area contributed by atoms with Crippen molar-refractivity contribution in [2.24, 2.45) is 0 Å². The lowest BCUT2D eigenvalue weighted by molar-refractivity contribution is -0.116. The number of benzene rings is 1. The lowest BCUT2D eigenvalue weighted by Crippen LogP contribution is -2.43. The molecule has 1 amide bonds. The molecule has 1 aliphatic carbocycles. The SMILES string of the molecule is CCN(CC)S(=O)(=O)c1ccc(NC(=O)Cn2c(=O)c(C#N)cn(C3CC3)c2=O)cc1. The van der Waals surface area contributed by atoms with Gasteiger partial charge < -0.3 is 5.32 Å². The first-order valence-electron chi connectivity index (χ1n) is 9.89. The normalized spacial score (nSPS) is 13.7. The Morgan fingerprint density at radius 1 is 1.19 bits per heavy atom. The second-order valence-electron chi connectivity index (χ2n) is 7.13. The second-order valence-corrected chi connectivity index (χ2v) is 9.07. The van der Waals surface area contributed by atoms with Crippen LogP contribution in [0.4, 0.5) is 5.69 Å². The summed E-state index contributed by atoms with van der Waals surface area (Å²) in [6.45, 7) is 3.62. The van der Waals surface area contributed by atoms with Crippen molar-refractivity contribution in [1.82, 2.24) is 13.4 Å². The standard InChI is InChI=1S/C20H23N5O5S/c1-3-23(4-2)31(29,30)17-9-5-15(6-10-17)22-18(26)13-25-19(27)14(11-21)12-24(20(25)28)16-7-8-16/h5-6,9-10,12,16H,3-4,7-8,13H2,1-2H3,(H,22,26). The molecule has 0 radical (unpaired) electrons. The van der Waals surface area contributed by atoms with Crippen molar-refractivity contribution in [1.29, 1.82) is 5.26 Å². The average Bonchev–Trinajstić information content (AvgIpc) is 3.57. The van der Waals surface area contributed by atoms with Crippen molar-refractivity contribution in [3.05, 3.63) is 56.9 Å². The molecule has 0 bridgehead atoms. The summed E-state index contributed by atoms with van der Waals surface area (Å²) in [4.78, 5) is 37.5. The third-order valence-electron chi connectivity index (χ3n) is 5.04. The molecule has 11 heteroatoms. The largest absolute Gasteiger partial charge is 0.331 e. The van der Waals surface area contributed by atoms with Gasteiger partial charge >= 0.3 is 5.69 Å². The van der Waals surface area contributed by atoms with Gasteiger partial charge in [0.1, 0.15) is 18.2 Å². The molecular weight excluding hydrogens is 422 g/mol. The van der Waals surface area contributed by atoms with Gasteiger partial charge in [0, 0.05) is 31.0 Å². The Balaban J connectivity index is 1.79. The number of hydrogen-bond donors (Lipinski definition) is 1. The molecule has 1 aromatic carbocycles. The van der Waals surface area contributed by atoms with Crippen LogP contribution in [0.5, 0.6) is 0 Å². The first-order valence-corrected chi connectivity index (χ1v) is 11.3. The van der Waals surface area contributed by atoms with Crippen LogP contribution in [0.15, 0.2) is 44.9 Å². The van der Waals surface area contributed by atoms with E-state index in [9.17, 15) is 22.8 Å². The lowest BCUT2D eigenvalue weighted by atomic mass is 10.3. The van der Waals surface area contributed by atoms with E-state index in [4.69, 9.17) is 5.26 Å². The van der Waals surface area contributed by atoms with E-state index in [1.165, 1.54) is 39.3 Å². The summed E-state index contributed by atoms with van der Waals surface area (Å²) in [5, 5.41) is 11.7. The minimum absolute atomic E-state index is 0.0604. The Morgan fingerprint density at radius 3 is 2.32 bits per heavy atom. The van der Waals surface area contributed by atoms with Gasteiger partial charge in [0.15, 0.2) is 0 Å². The number of nitrogens with one attached hydrogen (secondary N) is 1. The topological polar surface area (TPSA) is 134 Å². The van der Waals surface area contributed by atoms with Crippen molar-refractivity contribution in [3.63, 3.8) is 0 Å². The number of nitriles is 1. The zero-order chi connectivity index (χ0) is 22.8. The third kappa shape index (κ3) is 4.60. The number of carbonyl (C=O) groups is 1. The Labute approximate surface area is 179 Å². The number of amides is 1. The van der Waals surface area contributed by atoms with Gasteiger partial charge in [-0.05, 0) is 37.1 Å². The van der Waals surface area contributed by atoms with Gasteiger partial charge in [-0.15, -0.1) is 0 Å². The highest BCUT2D eigenvalue weighted by Crippen LogP contribution is 2.33. The van der Waals surface area contributed by atoms with Crippen LogP contribution >= 0.6 is 0 Å². The Kier molecular flexibility index (Phi) is 6.42. The summed E-state index contributed by atoms with van der Waals surface area (Å²) in [5.74, 6) is -0.643. The highest BCUT2D eigenvalue weighted by atomic mass is 32.2. The highest BCUT2D eigenvalue weighted by Gasteiger charge is 2.27. The van der Waals surface area contributed by atoms with Crippen LogP contribution in [0.25, 0.3) is 0 Å². The molecule has 1 aromatic heterocycles. The van der Waals surface area contributed by atoms with Crippen molar-refractivity contribution in [2.45, 2.75) is 44.2 Å². The van der Waals surface area contributed by atoms with Crippen molar-refractivity contribution < 1.29 is 13.2 Å². The van der Waals surface area contributed by atoms with Crippen LogP contribution in [0.3, 0.4) is 0 Å². The van der Waals surface area contributed by atoms with E-state index in [0.29, 0.717) is 18.8 Å². The molecule has 31 heavy (non-hydrogen) atoms. The lowest BCUT2D eigenvalue weighted by Gasteiger charge is -2.18. The van der Waals surface area contributed by atoms with Crippen LogP contribution in [0.1, 0.15) is 38.3 Å². The molecule has 0 spiro atoms. The number of rotatable bonds is 8. The van der Waals surface area contributed by atoms with E-state index in [2.05, 4.69) is 5.32 Å². The minimum Gasteiger partial charge on any atom is -0.325 e. The number of aromatic nitrogens is 2. The van der Waals surface area contributed by atoms with Gasteiger partial charge in [0.25, 0.3) is 5.56 Å². The number of carbonyl (C=O) groups excluding carboxylic acids is 1. The average molecular weight is 446 g/mol. The second kappa shape index (κ2) is 8.87. The van der Waals surface area contributed by atoms with Gasteiger partial charge in [-0.2, -0.15) is 9.57 Å². The van der Waals surface area contributed by atoms with E-state index in [1.807, 2.05) is 0 Å². The van der Waals surface area contributed by atoms with Crippen LogP contribution in [-0.4, -0.2) is 40.9 Å². The fraction of sp³-hybridized carbons (Fsp3) is 0.400. The van der Waals surface area contributed by atoms with Gasteiger partial charge in [-0.25, -0.2) is 17.8 Å². The molecule has 1 N–H and O–H groups in total. The maximum Gasteiger partial charge on any atom is 0.331 e. The maximum absolute atomic E-state index is 12.6. The molecule has 164 valence electrons. The quantitative estimate of drug-likeness (QED) is 0.641. The van der Waals surface area contributed by atoms with Crippen molar-refractivity contribution >= 4 is 21.6 Å². The van der Waals surface area contributed by atoms with Crippen LogP contribution < -0.4 is 16.6 Å². The van der Waals surface area contributed by atoms with Crippen LogP contribution in [0, 0.1) is 11.3 Å². The molecule has 1 saturated carbocycles. The number of nitrogens with zero attached hydrogens (tertiary/aromatic N) is 4. The molecule has 2 aromatic rings. The third-order valence-corrected chi connectivity index (χ3v) is 7.10. The van der Waals surface area contributed by atoms with E-state index in [-0.39, 0.29) is 16.5 Å². The van der Waals surface area contributed by atoms with E-state index >= 15 is 0 Å². The van der Waals surface area contributed by atoms with Gasteiger partial charge in [0.05, 0.1) is 4.90 Å². The van der Waals surface area contributed by atoms with E-state index in [1.54, 1.807) is 19.9 Å². The predicted molar refractivity (Wildman–Crippen MR) is 113 cm³/mol. The highest BCUT2D eigenvalue weighted by molar-refractivity contribution is 7.89. The van der Waals surface area contributed by atoms with E-state index in [0.717, 1.165) is 17.4 Å². The number of sulfonamides is 1. The predicted octanol–water partition coefficient (Wildman–Crippen LogP) is 0.886. The minimum atomic E-state index is -3.62. The smallest absolute Gasteiger partial charge is 0.325 e. The maximum atomic E-state index is 12.6. The molecular formula is C20H23N5O5S. The molecule has 0 unspecified atom stereocenters. The number of anilines is 1. The number of hydrogen-bond acceptors (Lipinski definition) is 6. The zero-order valence-corrected chi connectivity index (χ0v) is 18.1. The van der Waals surface area contributed by atoms with Crippen molar-refractivity contribution in [2.75, 3.05) is 18.4 Å². The molecule has 3 rings (SSSR count). The fourth-order valence-electron chi connectivity index (χ4n) is 3.22. The summed E-state index contributed by atoms with van der Waals surface area (Å²) in [5.41, 5.74) is -1.34. The molecule has 0 aliphatic heterocycles. The van der Waals surface area contributed by atoms with Gasteiger partial charge in [-0.1, -0.05) is 13.8 Å². The summed E-state index contributed by atoms with van der Waals surface area (Å²) < 4.78 is 28.4. The summed E-state index contributed by atoms with van der Waals surface area (Å²) in [6.07, 6.45) is 2.79. The summed E-state index contributed by atoms with van der Waals surface area (Å²) in [7, 11) is -3.62. The monoisotopic (exact) mass is 445 g/mol. The molecule has 1 fully saturated rings. The van der Waals surface area contributed by atoms with Gasteiger partial charge in [0.2, 0.25) is 15.9 Å². The van der Waals surface area contributed by atoms with Gasteiger partial charge in [-0.3, -0.25) is 14.2 Å². The van der Waals surface area contributed by atoms with E-state index < -0.39 is 33.7 Å². The fourth-order valence-corrected chi connectivity index (χ4v) is 4.68. The molecule has 0 atom stereocenters. The first kappa shape index (κ1) is 22.5. The van der Waals surface area contributed by atoms with Crippen LogP contribution in [0.2, 0.25) is 0 Å². The first-order chi connectivity index (χ1) is 14.7. The van der Waals surface area contributed by atoms with Crippen LogP contribution in [-0.2, 0) is 21.4 Å². The Bertz CT molecular complexity index is 1250. The molecule has 10 nitrogen and oxygen atoms in total. The zero-order valence-electron chi connectivity index (χ0n) is 17.2. The molecule has 1 aliphatic rings.